The third-order valence-electron chi connectivity index (χ3n) is 3.55. The maximum atomic E-state index is 14.0. The summed E-state index contributed by atoms with van der Waals surface area (Å²) in [5, 5.41) is 29.7. The summed E-state index contributed by atoms with van der Waals surface area (Å²) in [7, 11) is 0.986. The minimum absolute atomic E-state index is 0.0605. The van der Waals surface area contributed by atoms with Gasteiger partial charge in [-0.15, -0.1) is 0 Å². The molecule has 1 aliphatic heterocycles. The van der Waals surface area contributed by atoms with Crippen molar-refractivity contribution in [3.8, 4) is 0 Å². The van der Waals surface area contributed by atoms with Gasteiger partial charge < -0.3 is 24.4 Å². The Morgan fingerprint density at radius 2 is 2.09 bits per heavy atom. The molecule has 0 spiro atoms. The van der Waals surface area contributed by atoms with Gasteiger partial charge in [-0.25, -0.2) is 0 Å². The van der Waals surface area contributed by atoms with Crippen LogP contribution in [0.15, 0.2) is 24.3 Å². The molecule has 3 atom stereocenters. The van der Waals surface area contributed by atoms with Crippen LogP contribution < -0.4 is 0 Å². The SMILES string of the molecule is CO[C@@]1(CO)O[C@H](OCc2ccccc2[N+](=O)[O-])C(F)(F)[C@@H]1O. The maximum absolute atomic E-state index is 14.0. The van der Waals surface area contributed by atoms with Crippen molar-refractivity contribution in [2.75, 3.05) is 13.7 Å². The van der Waals surface area contributed by atoms with Gasteiger partial charge in [0.05, 0.1) is 17.1 Å². The van der Waals surface area contributed by atoms with Crippen LogP contribution in [0, 0.1) is 10.1 Å². The summed E-state index contributed by atoms with van der Waals surface area (Å²) >= 11 is 0. The molecular weight excluding hydrogens is 320 g/mol. The molecule has 0 unspecified atom stereocenters. The van der Waals surface area contributed by atoms with E-state index in [1.165, 1.54) is 24.3 Å². The molecule has 1 saturated heterocycles. The van der Waals surface area contributed by atoms with E-state index in [-0.39, 0.29) is 11.3 Å². The van der Waals surface area contributed by atoms with Crippen LogP contribution >= 0.6 is 0 Å². The Balaban J connectivity index is 2.17. The minimum atomic E-state index is -3.87. The van der Waals surface area contributed by atoms with Gasteiger partial charge in [-0.3, -0.25) is 10.1 Å². The number of para-hydroxylation sites is 1. The third kappa shape index (κ3) is 3.03. The molecule has 23 heavy (non-hydrogen) atoms. The summed E-state index contributed by atoms with van der Waals surface area (Å²) in [4.78, 5) is 10.2. The lowest BCUT2D eigenvalue weighted by Crippen LogP contribution is -2.50. The highest BCUT2D eigenvalue weighted by molar-refractivity contribution is 5.39. The molecule has 0 amide bonds. The molecule has 0 aliphatic carbocycles. The van der Waals surface area contributed by atoms with Crippen molar-refractivity contribution in [2.45, 2.75) is 30.7 Å². The lowest BCUT2D eigenvalue weighted by molar-refractivity contribution is -0.386. The number of ether oxygens (including phenoxy) is 3. The topological polar surface area (TPSA) is 111 Å². The smallest absolute Gasteiger partial charge is 0.328 e. The van der Waals surface area contributed by atoms with E-state index in [4.69, 9.17) is 14.6 Å². The average Bonchev–Trinajstić information content (AvgIpc) is 2.73. The molecular formula is C13H15F2NO7. The Bertz CT molecular complexity index is 579. The first-order valence-electron chi connectivity index (χ1n) is 6.52. The quantitative estimate of drug-likeness (QED) is 0.584. The van der Waals surface area contributed by atoms with E-state index in [1.54, 1.807) is 0 Å². The Morgan fingerprint density at radius 1 is 1.43 bits per heavy atom. The summed E-state index contributed by atoms with van der Waals surface area (Å²) in [5.74, 6) is -6.20. The molecule has 128 valence electrons. The van der Waals surface area contributed by atoms with Crippen molar-refractivity contribution in [1.29, 1.82) is 0 Å². The van der Waals surface area contributed by atoms with Gasteiger partial charge in [0.25, 0.3) is 5.69 Å². The summed E-state index contributed by atoms with van der Waals surface area (Å²) in [6, 6.07) is 5.46. The Hall–Kier alpha value is -1.72. The second kappa shape index (κ2) is 6.42. The summed E-state index contributed by atoms with van der Waals surface area (Å²) in [6.45, 7) is -1.57. The number of alkyl halides is 2. The van der Waals surface area contributed by atoms with E-state index in [2.05, 4.69) is 4.74 Å². The zero-order valence-electron chi connectivity index (χ0n) is 12.0. The molecule has 0 radical (unpaired) electrons. The van der Waals surface area contributed by atoms with Crippen LogP contribution in [-0.4, -0.2) is 53.0 Å². The van der Waals surface area contributed by atoms with Crippen LogP contribution in [0.25, 0.3) is 0 Å². The van der Waals surface area contributed by atoms with Crippen molar-refractivity contribution in [3.05, 3.63) is 39.9 Å². The van der Waals surface area contributed by atoms with E-state index >= 15 is 0 Å². The van der Waals surface area contributed by atoms with Gasteiger partial charge in [-0.1, -0.05) is 12.1 Å². The number of nitro benzene ring substituents is 1. The first-order chi connectivity index (χ1) is 10.8. The highest BCUT2D eigenvalue weighted by Gasteiger charge is 2.67. The summed E-state index contributed by atoms with van der Waals surface area (Å²) in [6.07, 6.45) is -4.69. The van der Waals surface area contributed by atoms with E-state index in [1.807, 2.05) is 0 Å². The van der Waals surface area contributed by atoms with Gasteiger partial charge in [0, 0.05) is 13.2 Å². The zero-order valence-corrected chi connectivity index (χ0v) is 12.0. The molecule has 0 saturated carbocycles. The summed E-state index contributed by atoms with van der Waals surface area (Å²) in [5.41, 5.74) is -0.236. The van der Waals surface area contributed by atoms with E-state index in [0.717, 1.165) is 7.11 Å². The molecule has 1 fully saturated rings. The number of rotatable bonds is 6. The molecule has 1 aromatic rings. The second-order valence-corrected chi connectivity index (χ2v) is 4.90. The van der Waals surface area contributed by atoms with Gasteiger partial charge in [0.2, 0.25) is 12.1 Å². The normalized spacial score (nSPS) is 29.6. The van der Waals surface area contributed by atoms with E-state index < -0.39 is 42.2 Å². The maximum Gasteiger partial charge on any atom is 0.328 e. The van der Waals surface area contributed by atoms with Crippen LogP contribution in [0.1, 0.15) is 5.56 Å². The van der Waals surface area contributed by atoms with Crippen molar-refractivity contribution >= 4 is 5.69 Å². The predicted molar refractivity (Wildman–Crippen MR) is 70.5 cm³/mol. The minimum Gasteiger partial charge on any atom is -0.391 e. The van der Waals surface area contributed by atoms with Crippen LogP contribution in [0.2, 0.25) is 0 Å². The van der Waals surface area contributed by atoms with Gasteiger partial charge in [-0.05, 0) is 6.07 Å². The number of nitrogens with zero attached hydrogens (tertiary/aromatic N) is 1. The molecule has 1 aliphatic rings. The molecule has 1 aromatic carbocycles. The number of hydrogen-bond donors (Lipinski definition) is 2. The molecule has 8 nitrogen and oxygen atoms in total. The van der Waals surface area contributed by atoms with Gasteiger partial charge in [-0.2, -0.15) is 8.78 Å². The number of hydrogen-bond acceptors (Lipinski definition) is 7. The number of methoxy groups -OCH3 is 1. The molecule has 2 rings (SSSR count). The predicted octanol–water partition coefficient (Wildman–Crippen LogP) is 0.799. The first kappa shape index (κ1) is 17.6. The van der Waals surface area contributed by atoms with Crippen molar-refractivity contribution in [2.24, 2.45) is 0 Å². The van der Waals surface area contributed by atoms with E-state index in [9.17, 15) is 24.0 Å². The van der Waals surface area contributed by atoms with Crippen molar-refractivity contribution < 1.29 is 38.1 Å². The molecule has 1 heterocycles. The van der Waals surface area contributed by atoms with Crippen molar-refractivity contribution in [3.63, 3.8) is 0 Å². The third-order valence-corrected chi connectivity index (χ3v) is 3.55. The van der Waals surface area contributed by atoms with E-state index in [0.29, 0.717) is 0 Å². The lowest BCUT2D eigenvalue weighted by Gasteiger charge is -2.27. The monoisotopic (exact) mass is 335 g/mol. The fraction of sp³-hybridized carbons (Fsp3) is 0.538. The van der Waals surface area contributed by atoms with Gasteiger partial charge in [0.15, 0.2) is 6.10 Å². The lowest BCUT2D eigenvalue weighted by atomic mass is 10.1. The van der Waals surface area contributed by atoms with Gasteiger partial charge in [0.1, 0.15) is 6.61 Å². The number of halogens is 2. The van der Waals surface area contributed by atoms with Gasteiger partial charge >= 0.3 is 5.92 Å². The average molecular weight is 335 g/mol. The van der Waals surface area contributed by atoms with Crippen LogP contribution in [-0.2, 0) is 20.8 Å². The molecule has 0 bridgehead atoms. The number of aliphatic hydroxyl groups is 2. The molecule has 0 aromatic heterocycles. The highest BCUT2D eigenvalue weighted by atomic mass is 19.3. The number of aliphatic hydroxyl groups excluding tert-OH is 2. The second-order valence-electron chi connectivity index (χ2n) is 4.90. The Morgan fingerprint density at radius 3 is 2.61 bits per heavy atom. The largest absolute Gasteiger partial charge is 0.391 e. The number of nitro groups is 1. The Labute approximate surface area is 129 Å². The fourth-order valence-corrected chi connectivity index (χ4v) is 2.22. The first-order valence-corrected chi connectivity index (χ1v) is 6.52. The van der Waals surface area contributed by atoms with Crippen LogP contribution in [0.3, 0.4) is 0 Å². The fourth-order valence-electron chi connectivity index (χ4n) is 2.22. The summed E-state index contributed by atoms with van der Waals surface area (Å²) < 4.78 is 42.4. The molecule has 2 N–H and O–H groups in total. The van der Waals surface area contributed by atoms with Crippen LogP contribution in [0.4, 0.5) is 14.5 Å². The zero-order chi connectivity index (χ0) is 17.3. The van der Waals surface area contributed by atoms with Crippen LogP contribution in [0.5, 0.6) is 0 Å². The van der Waals surface area contributed by atoms with Crippen molar-refractivity contribution in [1.82, 2.24) is 0 Å². The molecule has 10 heteroatoms. The Kier molecular flexibility index (Phi) is 4.92. The number of benzene rings is 1. The standard InChI is InChI=1S/C13H15F2NO7/c1-21-12(7-17)10(18)13(14,15)11(23-12)22-6-8-4-2-3-5-9(8)16(19)20/h2-5,10-11,17-18H,6-7H2,1H3/t10-,11+,12+/m1/s1. The highest BCUT2D eigenvalue weighted by Crippen LogP contribution is 2.43.